The molecule has 2 N–H and O–H groups in total. The maximum Gasteiger partial charge on any atom is 0.191 e. The number of ether oxygens (including phenoxy) is 1. The fraction of sp³-hybridized carbons (Fsp3) is 0.353. The van der Waals surface area contributed by atoms with Crippen LogP contribution in [-0.4, -0.2) is 20.1 Å². The summed E-state index contributed by atoms with van der Waals surface area (Å²) in [6.07, 6.45) is 0. The molecule has 0 radical (unpaired) electrons. The Balaban J connectivity index is 0.00000288. The Morgan fingerprint density at radius 1 is 1.33 bits per heavy atom. The molecule has 0 saturated carbocycles. The lowest BCUT2D eigenvalue weighted by atomic mass is 10.2. The van der Waals surface area contributed by atoms with Crippen LogP contribution in [0.2, 0.25) is 0 Å². The van der Waals surface area contributed by atoms with Gasteiger partial charge in [-0.2, -0.15) is 0 Å². The first-order valence-corrected chi connectivity index (χ1v) is 8.18. The van der Waals surface area contributed by atoms with Gasteiger partial charge in [-0.25, -0.2) is 0 Å². The maximum atomic E-state index is 5.63. The molecular weight excluding hydrogens is 485 g/mol. The molecule has 0 aliphatic carbocycles. The van der Waals surface area contributed by atoms with Crippen molar-refractivity contribution in [3.8, 4) is 5.75 Å². The standard InChI is InChI=1S/C17H22BrN3O2.HI/c1-11-5-7-15(23-11)12(2)21-17(19-3)20-10-13-9-14(18)6-8-16(13)22-4;/h5-9,12H,10H2,1-4H3,(H2,19,20,21);1H. The highest BCUT2D eigenvalue weighted by Crippen LogP contribution is 2.22. The fourth-order valence-electron chi connectivity index (χ4n) is 2.22. The van der Waals surface area contributed by atoms with Crippen molar-refractivity contribution >= 4 is 45.9 Å². The van der Waals surface area contributed by atoms with Crippen molar-refractivity contribution in [1.82, 2.24) is 10.6 Å². The summed E-state index contributed by atoms with van der Waals surface area (Å²) in [5.74, 6) is 3.32. The number of guanidine groups is 1. The summed E-state index contributed by atoms with van der Waals surface area (Å²) in [5, 5.41) is 6.60. The predicted octanol–water partition coefficient (Wildman–Crippen LogP) is 4.40. The highest BCUT2D eigenvalue weighted by Gasteiger charge is 2.12. The Kier molecular flexibility index (Phi) is 8.61. The number of nitrogens with zero attached hydrogens (tertiary/aromatic N) is 1. The van der Waals surface area contributed by atoms with Gasteiger partial charge in [-0.15, -0.1) is 24.0 Å². The number of methoxy groups -OCH3 is 1. The third-order valence-corrected chi connectivity index (χ3v) is 3.95. The van der Waals surface area contributed by atoms with E-state index in [-0.39, 0.29) is 30.0 Å². The lowest BCUT2D eigenvalue weighted by Gasteiger charge is -2.17. The third-order valence-electron chi connectivity index (χ3n) is 3.45. The summed E-state index contributed by atoms with van der Waals surface area (Å²) in [5.41, 5.74) is 1.05. The topological polar surface area (TPSA) is 58.8 Å². The number of aryl methyl sites for hydroxylation is 1. The predicted molar refractivity (Wildman–Crippen MR) is 111 cm³/mol. The first-order valence-electron chi connectivity index (χ1n) is 7.39. The number of furan rings is 1. The second-order valence-electron chi connectivity index (χ2n) is 5.20. The molecule has 0 aliphatic heterocycles. The van der Waals surface area contributed by atoms with Gasteiger partial charge in [0.25, 0.3) is 0 Å². The van der Waals surface area contributed by atoms with Crippen LogP contribution in [0.5, 0.6) is 5.75 Å². The van der Waals surface area contributed by atoms with Gasteiger partial charge in [-0.1, -0.05) is 15.9 Å². The summed E-state index contributed by atoms with van der Waals surface area (Å²) < 4.78 is 12.0. The average Bonchev–Trinajstić information content (AvgIpc) is 2.98. The first-order chi connectivity index (χ1) is 11.0. The van der Waals surface area contributed by atoms with Crippen LogP contribution in [0.25, 0.3) is 0 Å². The van der Waals surface area contributed by atoms with Gasteiger partial charge >= 0.3 is 0 Å². The minimum atomic E-state index is 0. The summed E-state index contributed by atoms with van der Waals surface area (Å²) in [4.78, 5) is 4.25. The van der Waals surface area contributed by atoms with E-state index in [1.165, 1.54) is 0 Å². The van der Waals surface area contributed by atoms with E-state index in [9.17, 15) is 0 Å². The van der Waals surface area contributed by atoms with Crippen LogP contribution >= 0.6 is 39.9 Å². The summed E-state index contributed by atoms with van der Waals surface area (Å²) in [6, 6.07) is 9.87. The van der Waals surface area contributed by atoms with E-state index in [0.29, 0.717) is 12.5 Å². The number of aliphatic imine (C=N–C) groups is 1. The van der Waals surface area contributed by atoms with Gasteiger partial charge in [0.05, 0.1) is 13.2 Å². The number of halogens is 2. The van der Waals surface area contributed by atoms with Crippen molar-refractivity contribution < 1.29 is 9.15 Å². The number of benzene rings is 1. The minimum absolute atomic E-state index is 0. The molecule has 1 aromatic carbocycles. The fourth-order valence-corrected chi connectivity index (χ4v) is 2.63. The van der Waals surface area contributed by atoms with Crippen LogP contribution in [0, 0.1) is 6.92 Å². The smallest absolute Gasteiger partial charge is 0.191 e. The van der Waals surface area contributed by atoms with E-state index in [2.05, 4.69) is 31.6 Å². The molecule has 0 spiro atoms. The van der Waals surface area contributed by atoms with Gasteiger partial charge in [0.15, 0.2) is 5.96 Å². The lowest BCUT2D eigenvalue weighted by molar-refractivity contribution is 0.408. The summed E-state index contributed by atoms with van der Waals surface area (Å²) in [6.45, 7) is 4.57. The molecule has 5 nitrogen and oxygen atoms in total. The number of rotatable bonds is 5. The minimum Gasteiger partial charge on any atom is -0.496 e. The summed E-state index contributed by atoms with van der Waals surface area (Å²) in [7, 11) is 3.41. The highest BCUT2D eigenvalue weighted by molar-refractivity contribution is 14.0. The lowest BCUT2D eigenvalue weighted by Crippen LogP contribution is -2.38. The zero-order chi connectivity index (χ0) is 16.8. The van der Waals surface area contributed by atoms with E-state index >= 15 is 0 Å². The zero-order valence-corrected chi connectivity index (χ0v) is 18.1. The molecule has 0 bridgehead atoms. The van der Waals surface area contributed by atoms with Gasteiger partial charge in [-0.3, -0.25) is 4.99 Å². The van der Waals surface area contributed by atoms with Crippen molar-refractivity contribution in [3.05, 3.63) is 51.9 Å². The molecule has 1 heterocycles. The van der Waals surface area contributed by atoms with E-state index in [1.807, 2.05) is 44.2 Å². The van der Waals surface area contributed by atoms with Crippen molar-refractivity contribution in [2.45, 2.75) is 26.4 Å². The van der Waals surface area contributed by atoms with E-state index in [0.717, 1.165) is 27.3 Å². The molecule has 0 amide bonds. The van der Waals surface area contributed by atoms with Crippen LogP contribution < -0.4 is 15.4 Å². The molecule has 1 atom stereocenters. The molecule has 2 aromatic rings. The molecular formula is C17H23BrIN3O2. The van der Waals surface area contributed by atoms with E-state index in [4.69, 9.17) is 9.15 Å². The molecule has 1 unspecified atom stereocenters. The Hall–Kier alpha value is -1.22. The van der Waals surface area contributed by atoms with Crippen molar-refractivity contribution in [2.24, 2.45) is 4.99 Å². The van der Waals surface area contributed by atoms with Crippen molar-refractivity contribution in [3.63, 3.8) is 0 Å². The number of hydrogen-bond donors (Lipinski definition) is 2. The first kappa shape index (κ1) is 20.8. The van der Waals surface area contributed by atoms with Crippen molar-refractivity contribution in [1.29, 1.82) is 0 Å². The maximum absolute atomic E-state index is 5.63. The SMILES string of the molecule is CN=C(NCc1cc(Br)ccc1OC)NC(C)c1ccc(C)o1.I. The monoisotopic (exact) mass is 507 g/mol. The molecule has 0 aliphatic rings. The van der Waals surface area contributed by atoms with Gasteiger partial charge in [0.2, 0.25) is 0 Å². The van der Waals surface area contributed by atoms with E-state index in [1.54, 1.807) is 14.2 Å². The quantitative estimate of drug-likeness (QED) is 0.357. The molecule has 7 heteroatoms. The molecule has 2 rings (SSSR count). The Labute approximate surface area is 168 Å². The van der Waals surface area contributed by atoms with Crippen molar-refractivity contribution in [2.75, 3.05) is 14.2 Å². The Morgan fingerprint density at radius 2 is 2.08 bits per heavy atom. The second kappa shape index (κ2) is 9.93. The molecule has 0 fully saturated rings. The van der Waals surface area contributed by atoms with E-state index < -0.39 is 0 Å². The average molecular weight is 508 g/mol. The molecule has 132 valence electrons. The van der Waals surface area contributed by atoms with Crippen LogP contribution in [0.1, 0.15) is 30.0 Å². The number of hydrogen-bond acceptors (Lipinski definition) is 3. The van der Waals surface area contributed by atoms with Gasteiger partial charge in [-0.05, 0) is 44.2 Å². The largest absolute Gasteiger partial charge is 0.496 e. The zero-order valence-electron chi connectivity index (χ0n) is 14.2. The molecule has 0 saturated heterocycles. The van der Waals surface area contributed by atoms with Gasteiger partial charge < -0.3 is 19.8 Å². The third kappa shape index (κ3) is 5.70. The Bertz CT molecular complexity index is 688. The van der Waals surface area contributed by atoms with Crippen LogP contribution in [0.3, 0.4) is 0 Å². The highest BCUT2D eigenvalue weighted by atomic mass is 127. The normalized spacial score (nSPS) is 12.3. The molecule has 1 aromatic heterocycles. The summed E-state index contributed by atoms with van der Waals surface area (Å²) >= 11 is 3.48. The van der Waals surface area contributed by atoms with Gasteiger partial charge in [0, 0.05) is 23.6 Å². The number of nitrogens with one attached hydrogen (secondary N) is 2. The Morgan fingerprint density at radius 3 is 2.67 bits per heavy atom. The van der Waals surface area contributed by atoms with Crippen LogP contribution in [0.4, 0.5) is 0 Å². The second-order valence-corrected chi connectivity index (χ2v) is 6.11. The van der Waals surface area contributed by atoms with Gasteiger partial charge in [0.1, 0.15) is 17.3 Å². The van der Waals surface area contributed by atoms with Crippen LogP contribution in [0.15, 0.2) is 44.2 Å². The van der Waals surface area contributed by atoms with Crippen LogP contribution in [-0.2, 0) is 6.54 Å². The molecule has 24 heavy (non-hydrogen) atoms.